The second-order valence-corrected chi connectivity index (χ2v) is 9.12. The Kier molecular flexibility index (Phi) is 7.51. The lowest BCUT2D eigenvalue weighted by atomic mass is 9.83. The zero-order valence-corrected chi connectivity index (χ0v) is 19.4. The summed E-state index contributed by atoms with van der Waals surface area (Å²) in [5.74, 6) is -1.63. The van der Waals surface area contributed by atoms with Crippen LogP contribution >= 0.6 is 0 Å². The van der Waals surface area contributed by atoms with Crippen molar-refractivity contribution in [2.75, 3.05) is 0 Å². The predicted octanol–water partition coefficient (Wildman–Crippen LogP) is 5.88. The molecule has 3 aromatic rings. The number of carboxylic acids is 1. The molecule has 36 heavy (non-hydrogen) atoms. The number of rotatable bonds is 8. The fraction of sp³-hybridized carbons (Fsp3) is 0.385. The number of hydrogen-bond donors (Lipinski definition) is 2. The van der Waals surface area contributed by atoms with E-state index < -0.39 is 18.1 Å². The summed E-state index contributed by atoms with van der Waals surface area (Å²) in [6, 6.07) is 9.56. The molecule has 6 nitrogen and oxygen atoms in total. The molecule has 0 radical (unpaired) electrons. The summed E-state index contributed by atoms with van der Waals surface area (Å²) in [5, 5.41) is 12.2. The van der Waals surface area contributed by atoms with Crippen molar-refractivity contribution < 1.29 is 37.0 Å². The van der Waals surface area contributed by atoms with Gasteiger partial charge in [-0.05, 0) is 73.9 Å². The van der Waals surface area contributed by atoms with E-state index in [4.69, 9.17) is 5.11 Å². The van der Waals surface area contributed by atoms with E-state index in [9.17, 15) is 27.2 Å². The molecule has 1 fully saturated rings. The smallest absolute Gasteiger partial charge is 0.481 e. The molecule has 1 aliphatic rings. The Balaban J connectivity index is 1.47. The van der Waals surface area contributed by atoms with E-state index in [2.05, 4.69) is 10.1 Å². The minimum Gasteiger partial charge on any atom is -0.481 e. The summed E-state index contributed by atoms with van der Waals surface area (Å²) >= 11 is 0. The Hall–Kier alpha value is -3.56. The number of nitrogens with zero attached hydrogens (tertiary/aromatic N) is 1. The summed E-state index contributed by atoms with van der Waals surface area (Å²) < 4.78 is 57.3. The van der Waals surface area contributed by atoms with Gasteiger partial charge in [-0.1, -0.05) is 12.1 Å². The number of fused-ring (bicyclic) bond motifs is 1. The standard InChI is InChI=1S/C26H26F4N2O4/c27-22-11-10-21(25(35)31-18-6-1-16(2-7-18)5-12-23(33)34)24-20(22)13-14-32(24)15-17-3-8-19(9-4-17)36-26(28,29)30/h3-4,8-11,13-14,16,18H,1-2,5-7,12,15H2,(H,31,35)(H,33,34). The summed E-state index contributed by atoms with van der Waals surface area (Å²) in [6.45, 7) is 0.216. The van der Waals surface area contributed by atoms with Gasteiger partial charge in [-0.15, -0.1) is 13.2 Å². The van der Waals surface area contributed by atoms with Crippen LogP contribution in [0, 0.1) is 11.7 Å². The summed E-state index contributed by atoms with van der Waals surface area (Å²) in [7, 11) is 0. The molecule has 2 N–H and O–H groups in total. The number of alkyl halides is 3. The largest absolute Gasteiger partial charge is 0.573 e. The van der Waals surface area contributed by atoms with E-state index >= 15 is 0 Å². The molecule has 2 aromatic carbocycles. The van der Waals surface area contributed by atoms with E-state index in [-0.39, 0.29) is 36.1 Å². The van der Waals surface area contributed by atoms with Crippen molar-refractivity contribution in [1.29, 1.82) is 0 Å². The van der Waals surface area contributed by atoms with Crippen molar-refractivity contribution in [2.45, 2.75) is 57.5 Å². The number of nitrogens with one attached hydrogen (secondary N) is 1. The van der Waals surface area contributed by atoms with Crippen LogP contribution in [0.1, 0.15) is 54.4 Å². The van der Waals surface area contributed by atoms with Gasteiger partial charge in [0.05, 0.1) is 11.1 Å². The molecule has 0 saturated heterocycles. The molecule has 10 heteroatoms. The van der Waals surface area contributed by atoms with Gasteiger partial charge in [0.1, 0.15) is 11.6 Å². The molecule has 0 bridgehead atoms. The lowest BCUT2D eigenvalue weighted by molar-refractivity contribution is -0.274. The van der Waals surface area contributed by atoms with Crippen LogP contribution in [-0.2, 0) is 11.3 Å². The van der Waals surface area contributed by atoms with Gasteiger partial charge in [-0.3, -0.25) is 9.59 Å². The number of carboxylic acid groups (broad SMARTS) is 1. The Morgan fingerprint density at radius 2 is 1.72 bits per heavy atom. The van der Waals surface area contributed by atoms with Crippen LogP contribution < -0.4 is 10.1 Å². The van der Waals surface area contributed by atoms with Crippen LogP contribution in [0.2, 0.25) is 0 Å². The number of aliphatic carboxylic acids is 1. The molecule has 0 spiro atoms. The van der Waals surface area contributed by atoms with Crippen molar-refractivity contribution in [3.63, 3.8) is 0 Å². The third-order valence-electron chi connectivity index (χ3n) is 6.58. The topological polar surface area (TPSA) is 80.6 Å². The highest BCUT2D eigenvalue weighted by Crippen LogP contribution is 2.30. The van der Waals surface area contributed by atoms with E-state index in [0.717, 1.165) is 25.7 Å². The second-order valence-electron chi connectivity index (χ2n) is 9.12. The molecule has 4 rings (SSSR count). The van der Waals surface area contributed by atoms with Gasteiger partial charge in [0.2, 0.25) is 0 Å². The van der Waals surface area contributed by atoms with E-state index in [1.165, 1.54) is 36.4 Å². The molecule has 1 aliphatic carbocycles. The number of amides is 1. The molecule has 1 heterocycles. The highest BCUT2D eigenvalue weighted by molar-refractivity contribution is 6.06. The molecule has 1 amide bonds. The minimum atomic E-state index is -4.78. The monoisotopic (exact) mass is 506 g/mol. The number of carbonyl (C=O) groups excluding carboxylic acids is 1. The highest BCUT2D eigenvalue weighted by Gasteiger charge is 2.31. The number of hydrogen-bond acceptors (Lipinski definition) is 3. The number of ether oxygens (including phenoxy) is 1. The van der Waals surface area contributed by atoms with Gasteiger partial charge in [0.15, 0.2) is 0 Å². The van der Waals surface area contributed by atoms with Crippen LogP contribution in [0.3, 0.4) is 0 Å². The SMILES string of the molecule is O=C(O)CCC1CCC(NC(=O)c2ccc(F)c3ccn(Cc4ccc(OC(F)(F)F)cc4)c23)CC1. The molecular formula is C26H26F4N2O4. The summed E-state index contributed by atoms with van der Waals surface area (Å²) in [5.41, 5.74) is 1.36. The second kappa shape index (κ2) is 10.6. The van der Waals surface area contributed by atoms with E-state index in [1.807, 2.05) is 0 Å². The molecule has 0 aliphatic heterocycles. The third-order valence-corrected chi connectivity index (χ3v) is 6.58. The lowest BCUT2D eigenvalue weighted by Gasteiger charge is -2.29. The van der Waals surface area contributed by atoms with Crippen molar-refractivity contribution in [1.82, 2.24) is 9.88 Å². The normalized spacial score (nSPS) is 18.2. The average molecular weight is 506 g/mol. The van der Waals surface area contributed by atoms with Gasteiger partial charge < -0.3 is 19.7 Å². The average Bonchev–Trinajstić information content (AvgIpc) is 3.23. The summed E-state index contributed by atoms with van der Waals surface area (Å²) in [6.07, 6.45) is 0.786. The van der Waals surface area contributed by atoms with Crippen LogP contribution in [-0.4, -0.2) is 34.0 Å². The fourth-order valence-electron chi connectivity index (χ4n) is 4.78. The fourth-order valence-corrected chi connectivity index (χ4v) is 4.78. The maximum atomic E-state index is 14.5. The van der Waals surface area contributed by atoms with Gasteiger partial charge in [0, 0.05) is 30.6 Å². The molecular weight excluding hydrogens is 480 g/mol. The van der Waals surface area contributed by atoms with E-state index in [0.29, 0.717) is 29.0 Å². The Labute approximate surface area is 204 Å². The van der Waals surface area contributed by atoms with Crippen molar-refractivity contribution in [3.05, 3.63) is 65.6 Å². The number of aromatic nitrogens is 1. The first-order chi connectivity index (χ1) is 17.1. The first-order valence-corrected chi connectivity index (χ1v) is 11.7. The van der Waals surface area contributed by atoms with Gasteiger partial charge in [-0.25, -0.2) is 4.39 Å². The maximum absolute atomic E-state index is 14.5. The molecule has 1 saturated carbocycles. The number of halogens is 4. The van der Waals surface area contributed by atoms with Crippen molar-refractivity contribution in [2.24, 2.45) is 5.92 Å². The van der Waals surface area contributed by atoms with Crippen LogP contribution in [0.25, 0.3) is 10.9 Å². The van der Waals surface area contributed by atoms with Gasteiger partial charge >= 0.3 is 12.3 Å². The zero-order chi connectivity index (χ0) is 25.9. The highest BCUT2D eigenvalue weighted by atomic mass is 19.4. The minimum absolute atomic E-state index is 0.0525. The Bertz CT molecular complexity index is 1230. The molecule has 192 valence electrons. The first kappa shape index (κ1) is 25.5. The first-order valence-electron chi connectivity index (χ1n) is 11.7. The van der Waals surface area contributed by atoms with Gasteiger partial charge in [0.25, 0.3) is 5.91 Å². The number of benzene rings is 2. The van der Waals surface area contributed by atoms with E-state index in [1.54, 1.807) is 16.8 Å². The number of carbonyl (C=O) groups is 2. The van der Waals surface area contributed by atoms with Crippen molar-refractivity contribution >= 4 is 22.8 Å². The van der Waals surface area contributed by atoms with Gasteiger partial charge in [-0.2, -0.15) is 0 Å². The predicted molar refractivity (Wildman–Crippen MR) is 124 cm³/mol. The maximum Gasteiger partial charge on any atom is 0.573 e. The summed E-state index contributed by atoms with van der Waals surface area (Å²) in [4.78, 5) is 24.0. The van der Waals surface area contributed by atoms with Crippen LogP contribution in [0.5, 0.6) is 5.75 Å². The van der Waals surface area contributed by atoms with Crippen LogP contribution in [0.4, 0.5) is 17.6 Å². The zero-order valence-electron chi connectivity index (χ0n) is 19.4. The quantitative estimate of drug-likeness (QED) is 0.374. The Morgan fingerprint density at radius 3 is 2.36 bits per heavy atom. The Morgan fingerprint density at radius 1 is 1.03 bits per heavy atom. The third kappa shape index (κ3) is 6.35. The van der Waals surface area contributed by atoms with Crippen LogP contribution in [0.15, 0.2) is 48.7 Å². The van der Waals surface area contributed by atoms with Crippen molar-refractivity contribution in [3.8, 4) is 5.75 Å². The molecule has 0 atom stereocenters. The molecule has 1 aromatic heterocycles. The lowest BCUT2D eigenvalue weighted by Crippen LogP contribution is -2.38. The molecule has 0 unspecified atom stereocenters.